The van der Waals surface area contributed by atoms with Crippen LogP contribution in [0, 0.1) is 5.41 Å². The molecule has 0 heterocycles. The maximum atomic E-state index is 7.43. The molecule has 4 nitrogen and oxygen atoms in total. The van der Waals surface area contributed by atoms with Crippen molar-refractivity contribution in [2.24, 2.45) is 5.73 Å². The third kappa shape index (κ3) is 5.98. The molecule has 0 bridgehead atoms. The van der Waals surface area contributed by atoms with E-state index in [4.69, 9.17) is 15.9 Å². The number of nitrogens with one attached hydrogen (secondary N) is 1. The van der Waals surface area contributed by atoms with Gasteiger partial charge in [-0.25, -0.2) is 0 Å². The van der Waals surface area contributed by atoms with E-state index in [9.17, 15) is 0 Å². The first-order valence-corrected chi connectivity index (χ1v) is 9.50. The van der Waals surface area contributed by atoms with E-state index in [-0.39, 0.29) is 5.84 Å². The van der Waals surface area contributed by atoms with E-state index in [0.29, 0.717) is 17.1 Å². The Kier molecular flexibility index (Phi) is 7.61. The molecule has 0 spiro atoms. The van der Waals surface area contributed by atoms with Gasteiger partial charge in [0.05, 0.1) is 0 Å². The highest BCUT2D eigenvalue weighted by molar-refractivity contribution is 5.95. The summed E-state index contributed by atoms with van der Waals surface area (Å²) in [5, 5.41) is 7.43. The van der Waals surface area contributed by atoms with E-state index in [0.717, 1.165) is 35.5 Å². The Morgan fingerprint density at radius 2 is 1.66 bits per heavy atom. The van der Waals surface area contributed by atoms with Crippen LogP contribution in [0.25, 0.3) is 11.8 Å². The summed E-state index contributed by atoms with van der Waals surface area (Å²) in [5.41, 5.74) is 10.2. The van der Waals surface area contributed by atoms with Crippen molar-refractivity contribution in [1.82, 2.24) is 4.90 Å². The number of nitrogens with zero attached hydrogens (tertiary/aromatic N) is 1. The number of hydrogen-bond donors (Lipinski definition) is 2. The van der Waals surface area contributed by atoms with Crippen LogP contribution in [-0.2, 0) is 0 Å². The van der Waals surface area contributed by atoms with E-state index < -0.39 is 0 Å². The molecule has 0 saturated carbocycles. The molecule has 150 valence electrons. The summed E-state index contributed by atoms with van der Waals surface area (Å²) < 4.78 is 5.82. The number of likely N-dealkylation sites (N-methyl/N-ethyl adjacent to an activating group) is 1. The average molecular weight is 388 g/mol. The summed E-state index contributed by atoms with van der Waals surface area (Å²) in [4.78, 5) is 2.18. The van der Waals surface area contributed by atoms with E-state index in [1.54, 1.807) is 24.3 Å². The van der Waals surface area contributed by atoms with Gasteiger partial charge in [-0.2, -0.15) is 0 Å². The summed E-state index contributed by atoms with van der Waals surface area (Å²) in [6, 6.07) is 15.1. The third-order valence-electron chi connectivity index (χ3n) is 4.59. The predicted molar refractivity (Wildman–Crippen MR) is 124 cm³/mol. The standard InChI is InChI=1S/C25H29N3O/c1-6-16-28(7-2)19(4)18(3)17-21-8-10-22(11-9-21)20(5)29-24-14-12-23(13-15-24)25(26)27/h6,8-15,17H,1,4-5,7,16H2,2-3H3,(H3,26,27)/b18-17+. The van der Waals surface area contributed by atoms with Crippen molar-refractivity contribution in [3.05, 3.63) is 102 Å². The van der Waals surface area contributed by atoms with E-state index in [1.165, 1.54) is 0 Å². The lowest BCUT2D eigenvalue weighted by Crippen LogP contribution is -2.22. The maximum Gasteiger partial charge on any atom is 0.127 e. The van der Waals surface area contributed by atoms with Gasteiger partial charge < -0.3 is 15.4 Å². The number of ether oxygens (including phenoxy) is 1. The molecule has 0 aromatic heterocycles. The molecule has 0 fully saturated rings. The lowest BCUT2D eigenvalue weighted by Gasteiger charge is -2.24. The van der Waals surface area contributed by atoms with Crippen LogP contribution in [0.15, 0.2) is 85.6 Å². The van der Waals surface area contributed by atoms with Gasteiger partial charge in [-0.15, -0.1) is 6.58 Å². The van der Waals surface area contributed by atoms with Gasteiger partial charge in [0.1, 0.15) is 17.3 Å². The Morgan fingerprint density at radius 1 is 1.07 bits per heavy atom. The lowest BCUT2D eigenvalue weighted by atomic mass is 10.1. The molecule has 3 N–H and O–H groups in total. The fourth-order valence-electron chi connectivity index (χ4n) is 2.84. The monoisotopic (exact) mass is 387 g/mol. The first-order valence-electron chi connectivity index (χ1n) is 9.50. The second-order valence-electron chi connectivity index (χ2n) is 6.69. The van der Waals surface area contributed by atoms with Crippen LogP contribution in [0.5, 0.6) is 5.75 Å². The molecular weight excluding hydrogens is 358 g/mol. The molecule has 0 unspecified atom stereocenters. The van der Waals surface area contributed by atoms with Gasteiger partial charge in [0.15, 0.2) is 0 Å². The molecule has 2 rings (SSSR count). The van der Waals surface area contributed by atoms with Crippen molar-refractivity contribution in [2.75, 3.05) is 13.1 Å². The molecule has 0 amide bonds. The molecular formula is C25H29N3O. The molecule has 0 saturated heterocycles. The van der Waals surface area contributed by atoms with E-state index in [1.807, 2.05) is 30.3 Å². The van der Waals surface area contributed by atoms with Gasteiger partial charge in [-0.3, -0.25) is 5.41 Å². The topological polar surface area (TPSA) is 62.3 Å². The second-order valence-corrected chi connectivity index (χ2v) is 6.69. The van der Waals surface area contributed by atoms with Gasteiger partial charge in [0.25, 0.3) is 0 Å². The minimum atomic E-state index is 0.0311. The predicted octanol–water partition coefficient (Wildman–Crippen LogP) is 5.45. The Bertz CT molecular complexity index is 922. The quantitative estimate of drug-likeness (QED) is 0.187. The Morgan fingerprint density at radius 3 is 2.17 bits per heavy atom. The minimum absolute atomic E-state index is 0.0311. The molecule has 0 aliphatic carbocycles. The number of nitrogens with two attached hydrogens (primary N) is 1. The van der Waals surface area contributed by atoms with Gasteiger partial charge in [0, 0.05) is 29.9 Å². The summed E-state index contributed by atoms with van der Waals surface area (Å²) in [5.74, 6) is 1.24. The van der Waals surface area contributed by atoms with E-state index in [2.05, 4.69) is 44.6 Å². The number of rotatable bonds is 10. The Labute approximate surface area is 173 Å². The minimum Gasteiger partial charge on any atom is -0.457 e. The first kappa shape index (κ1) is 21.8. The van der Waals surface area contributed by atoms with Crippen LogP contribution in [0.4, 0.5) is 0 Å². The van der Waals surface area contributed by atoms with Gasteiger partial charge in [-0.1, -0.05) is 49.6 Å². The molecule has 0 aliphatic heterocycles. The fourth-order valence-corrected chi connectivity index (χ4v) is 2.84. The van der Waals surface area contributed by atoms with Crippen LogP contribution in [0.3, 0.4) is 0 Å². The molecule has 0 aliphatic rings. The van der Waals surface area contributed by atoms with Crippen molar-refractivity contribution >= 4 is 17.7 Å². The molecule has 2 aromatic rings. The SMILES string of the molecule is C=CCN(CC)C(=C)/C(C)=C/c1ccc(C(=C)Oc2ccc(C(=N)N)cc2)cc1. The normalized spacial score (nSPS) is 10.9. The lowest BCUT2D eigenvalue weighted by molar-refractivity contribution is 0.411. The number of allylic oxidation sites excluding steroid dienone is 1. The van der Waals surface area contributed by atoms with Crippen LogP contribution in [0.2, 0.25) is 0 Å². The summed E-state index contributed by atoms with van der Waals surface area (Å²) in [6.07, 6.45) is 4.00. The van der Waals surface area contributed by atoms with Gasteiger partial charge in [0.2, 0.25) is 0 Å². The largest absolute Gasteiger partial charge is 0.457 e. The average Bonchev–Trinajstić information content (AvgIpc) is 2.72. The zero-order valence-electron chi connectivity index (χ0n) is 17.2. The summed E-state index contributed by atoms with van der Waals surface area (Å²) in [7, 11) is 0. The van der Waals surface area contributed by atoms with Crippen molar-refractivity contribution < 1.29 is 4.74 Å². The van der Waals surface area contributed by atoms with Crippen LogP contribution < -0.4 is 10.5 Å². The number of benzene rings is 2. The zero-order chi connectivity index (χ0) is 21.4. The molecule has 29 heavy (non-hydrogen) atoms. The zero-order valence-corrected chi connectivity index (χ0v) is 17.2. The Balaban J connectivity index is 2.06. The molecule has 4 heteroatoms. The van der Waals surface area contributed by atoms with Crippen molar-refractivity contribution in [1.29, 1.82) is 5.41 Å². The fraction of sp³-hybridized carbons (Fsp3) is 0.160. The van der Waals surface area contributed by atoms with Gasteiger partial charge >= 0.3 is 0 Å². The summed E-state index contributed by atoms with van der Waals surface area (Å²) in [6.45, 7) is 17.9. The molecule has 0 atom stereocenters. The second kappa shape index (κ2) is 10.1. The van der Waals surface area contributed by atoms with Crippen LogP contribution >= 0.6 is 0 Å². The van der Waals surface area contributed by atoms with Crippen molar-refractivity contribution in [3.63, 3.8) is 0 Å². The number of nitrogen functional groups attached to an aromatic ring is 1. The summed E-state index contributed by atoms with van der Waals surface area (Å²) >= 11 is 0. The van der Waals surface area contributed by atoms with Crippen LogP contribution in [0.1, 0.15) is 30.5 Å². The van der Waals surface area contributed by atoms with Crippen molar-refractivity contribution in [2.45, 2.75) is 13.8 Å². The van der Waals surface area contributed by atoms with Crippen molar-refractivity contribution in [3.8, 4) is 5.75 Å². The highest BCUT2D eigenvalue weighted by atomic mass is 16.5. The molecule has 0 radical (unpaired) electrons. The number of hydrogen-bond acceptors (Lipinski definition) is 3. The van der Waals surface area contributed by atoms with Crippen LogP contribution in [-0.4, -0.2) is 23.8 Å². The highest BCUT2D eigenvalue weighted by Gasteiger charge is 2.07. The smallest absolute Gasteiger partial charge is 0.127 e. The van der Waals surface area contributed by atoms with E-state index >= 15 is 0 Å². The molecule has 2 aromatic carbocycles. The number of amidine groups is 1. The van der Waals surface area contributed by atoms with Gasteiger partial charge in [-0.05, 0) is 49.2 Å². The Hall–Kier alpha value is -3.53. The first-order chi connectivity index (χ1) is 13.8. The highest BCUT2D eigenvalue weighted by Crippen LogP contribution is 2.22. The maximum absolute atomic E-state index is 7.43. The third-order valence-corrected chi connectivity index (χ3v) is 4.59.